The van der Waals surface area contributed by atoms with Crippen LogP contribution in [0.5, 0.6) is 0 Å². The smallest absolute Gasteiger partial charge is 0.252 e. The summed E-state index contributed by atoms with van der Waals surface area (Å²) in [7, 11) is 0. The number of halogens is 3. The number of hydrogen-bond donors (Lipinski definition) is 0. The third kappa shape index (κ3) is 3.59. The molecule has 4 aromatic rings. The minimum absolute atomic E-state index is 0.159. The van der Waals surface area contributed by atoms with E-state index in [1.807, 2.05) is 60.7 Å². The van der Waals surface area contributed by atoms with Gasteiger partial charge < -0.3 is 0 Å². The lowest BCUT2D eigenvalue weighted by molar-refractivity contribution is -0.137. The first-order valence-corrected chi connectivity index (χ1v) is 8.41. The summed E-state index contributed by atoms with van der Waals surface area (Å²) in [5.74, 6) is 0.159. The molecule has 0 radical (unpaired) electrons. The average molecular weight is 378 g/mol. The van der Waals surface area contributed by atoms with Crippen molar-refractivity contribution in [3.05, 3.63) is 84.6 Å². The van der Waals surface area contributed by atoms with Crippen LogP contribution < -0.4 is 0 Å². The minimum atomic E-state index is -4.45. The van der Waals surface area contributed by atoms with Crippen LogP contribution in [0.25, 0.3) is 34.0 Å². The zero-order chi connectivity index (χ0) is 19.6. The Hall–Kier alpha value is -3.61. The summed E-state index contributed by atoms with van der Waals surface area (Å²) in [6.45, 7) is 0. The predicted octanol–water partition coefficient (Wildman–Crippen LogP) is 5.29. The third-order valence-corrected chi connectivity index (χ3v) is 4.10. The van der Waals surface area contributed by atoms with Crippen LogP contribution in [0.3, 0.4) is 0 Å². The van der Waals surface area contributed by atoms with Crippen molar-refractivity contribution in [1.29, 1.82) is 0 Å². The van der Waals surface area contributed by atoms with Crippen LogP contribution in [-0.4, -0.2) is 20.2 Å². The molecule has 4 nitrogen and oxygen atoms in total. The number of alkyl halides is 3. The molecule has 0 spiro atoms. The van der Waals surface area contributed by atoms with Gasteiger partial charge in [-0.3, -0.25) is 4.98 Å². The predicted molar refractivity (Wildman–Crippen MR) is 98.9 cm³/mol. The monoisotopic (exact) mass is 378 g/mol. The van der Waals surface area contributed by atoms with E-state index >= 15 is 0 Å². The summed E-state index contributed by atoms with van der Waals surface area (Å²) in [5, 5.41) is 8.40. The number of nitrogens with zero attached hydrogens (tertiary/aromatic N) is 4. The van der Waals surface area contributed by atoms with E-state index in [1.54, 1.807) is 0 Å². The molecule has 0 amide bonds. The second kappa shape index (κ2) is 7.19. The molecule has 0 unspecified atom stereocenters. The van der Waals surface area contributed by atoms with Gasteiger partial charge in [-0.15, -0.1) is 10.2 Å². The first-order chi connectivity index (χ1) is 13.5. The third-order valence-electron chi connectivity index (χ3n) is 4.10. The molecule has 0 fully saturated rings. The lowest BCUT2D eigenvalue weighted by atomic mass is 10.0. The minimum Gasteiger partial charge on any atom is -0.252 e. The van der Waals surface area contributed by atoms with Gasteiger partial charge in [-0.1, -0.05) is 60.7 Å². The maximum atomic E-state index is 12.8. The molecule has 0 saturated heterocycles. The average Bonchev–Trinajstić information content (AvgIpc) is 2.74. The fourth-order valence-electron chi connectivity index (χ4n) is 2.72. The maximum absolute atomic E-state index is 12.8. The highest BCUT2D eigenvalue weighted by Gasteiger charge is 2.30. The molecule has 0 N–H and O–H groups in total. The Bertz CT molecular complexity index is 1080. The van der Waals surface area contributed by atoms with Crippen molar-refractivity contribution in [2.45, 2.75) is 6.18 Å². The molecule has 2 aromatic heterocycles. The van der Waals surface area contributed by atoms with Gasteiger partial charge in [0, 0.05) is 17.3 Å². The van der Waals surface area contributed by atoms with E-state index < -0.39 is 11.7 Å². The lowest BCUT2D eigenvalue weighted by Crippen LogP contribution is -2.06. The van der Waals surface area contributed by atoms with Gasteiger partial charge in [0.1, 0.15) is 17.1 Å². The highest BCUT2D eigenvalue weighted by molar-refractivity contribution is 5.78. The van der Waals surface area contributed by atoms with E-state index in [0.717, 1.165) is 23.4 Å². The first kappa shape index (κ1) is 17.8. The van der Waals surface area contributed by atoms with Crippen molar-refractivity contribution in [3.63, 3.8) is 0 Å². The number of rotatable bonds is 3. The molecule has 7 heteroatoms. The van der Waals surface area contributed by atoms with Crippen LogP contribution in [-0.2, 0) is 6.18 Å². The largest absolute Gasteiger partial charge is 0.417 e. The van der Waals surface area contributed by atoms with Crippen molar-refractivity contribution in [2.75, 3.05) is 0 Å². The Balaban J connectivity index is 1.83. The van der Waals surface area contributed by atoms with Gasteiger partial charge in [-0.05, 0) is 12.1 Å². The Kier molecular flexibility index (Phi) is 4.57. The lowest BCUT2D eigenvalue weighted by Gasteiger charge is -2.10. The molecule has 4 rings (SSSR count). The van der Waals surface area contributed by atoms with Gasteiger partial charge >= 0.3 is 6.18 Å². The topological polar surface area (TPSA) is 51.6 Å². The molecule has 2 aromatic carbocycles. The Labute approximate surface area is 158 Å². The summed E-state index contributed by atoms with van der Waals surface area (Å²) in [4.78, 5) is 8.43. The fraction of sp³-hybridized carbons (Fsp3) is 0.0476. The Morgan fingerprint density at radius 3 is 1.79 bits per heavy atom. The number of hydrogen-bond acceptors (Lipinski definition) is 4. The summed E-state index contributed by atoms with van der Waals surface area (Å²) in [5.41, 5.74) is 2.23. The van der Waals surface area contributed by atoms with Crippen LogP contribution in [0, 0.1) is 0 Å². The van der Waals surface area contributed by atoms with Crippen LogP contribution in [0.2, 0.25) is 0 Å². The van der Waals surface area contributed by atoms with Gasteiger partial charge in [0.25, 0.3) is 0 Å². The maximum Gasteiger partial charge on any atom is 0.417 e. The standard InChI is InChI=1S/C21H13F3N4/c22-21(23,24)16-11-12-17(25-13-16)20-26-18(14-7-3-1-4-8-14)19(27-28-20)15-9-5-2-6-10-15/h1-13H. The van der Waals surface area contributed by atoms with Gasteiger partial charge in [0.2, 0.25) is 5.82 Å². The number of aromatic nitrogens is 4. The molecular formula is C21H13F3N4. The zero-order valence-corrected chi connectivity index (χ0v) is 14.4. The van der Waals surface area contributed by atoms with E-state index in [0.29, 0.717) is 11.4 Å². The molecular weight excluding hydrogens is 365 g/mol. The summed E-state index contributed by atoms with van der Waals surface area (Å²) in [6.07, 6.45) is -3.68. The summed E-state index contributed by atoms with van der Waals surface area (Å²) < 4.78 is 38.3. The molecule has 0 bridgehead atoms. The Morgan fingerprint density at radius 1 is 0.643 bits per heavy atom. The van der Waals surface area contributed by atoms with E-state index in [1.165, 1.54) is 6.07 Å². The SMILES string of the molecule is FC(F)(F)c1ccc(-c2nnc(-c3ccccc3)c(-c3ccccc3)n2)nc1. The van der Waals surface area contributed by atoms with Gasteiger partial charge in [-0.2, -0.15) is 13.2 Å². The quantitative estimate of drug-likeness (QED) is 0.486. The van der Waals surface area contributed by atoms with Crippen molar-refractivity contribution in [1.82, 2.24) is 20.2 Å². The molecule has 28 heavy (non-hydrogen) atoms. The fourth-order valence-corrected chi connectivity index (χ4v) is 2.72. The van der Waals surface area contributed by atoms with Crippen molar-refractivity contribution in [3.8, 4) is 34.0 Å². The van der Waals surface area contributed by atoms with Crippen molar-refractivity contribution in [2.24, 2.45) is 0 Å². The van der Waals surface area contributed by atoms with Crippen molar-refractivity contribution >= 4 is 0 Å². The highest BCUT2D eigenvalue weighted by Crippen LogP contribution is 2.31. The number of benzene rings is 2. The number of pyridine rings is 1. The molecule has 138 valence electrons. The molecule has 0 aliphatic heterocycles. The second-order valence-electron chi connectivity index (χ2n) is 5.99. The molecule has 0 atom stereocenters. The van der Waals surface area contributed by atoms with Crippen LogP contribution in [0.15, 0.2) is 79.0 Å². The summed E-state index contributed by atoms with van der Waals surface area (Å²) >= 11 is 0. The molecule has 2 heterocycles. The summed E-state index contributed by atoms with van der Waals surface area (Å²) in [6, 6.07) is 21.1. The van der Waals surface area contributed by atoms with E-state index in [4.69, 9.17) is 0 Å². The first-order valence-electron chi connectivity index (χ1n) is 8.41. The van der Waals surface area contributed by atoms with Gasteiger partial charge in [-0.25, -0.2) is 4.98 Å². The molecule has 0 aliphatic rings. The van der Waals surface area contributed by atoms with Gasteiger partial charge in [0.15, 0.2) is 0 Å². The van der Waals surface area contributed by atoms with E-state index in [9.17, 15) is 13.2 Å². The normalized spacial score (nSPS) is 11.4. The molecule has 0 aliphatic carbocycles. The Morgan fingerprint density at radius 2 is 1.25 bits per heavy atom. The van der Waals surface area contributed by atoms with E-state index in [-0.39, 0.29) is 11.5 Å². The van der Waals surface area contributed by atoms with Crippen LogP contribution in [0.4, 0.5) is 13.2 Å². The van der Waals surface area contributed by atoms with E-state index in [2.05, 4.69) is 20.2 Å². The van der Waals surface area contributed by atoms with Gasteiger partial charge in [0.05, 0.1) is 5.56 Å². The molecule has 0 saturated carbocycles. The van der Waals surface area contributed by atoms with Crippen LogP contribution in [0.1, 0.15) is 5.56 Å². The van der Waals surface area contributed by atoms with Crippen LogP contribution >= 0.6 is 0 Å². The highest BCUT2D eigenvalue weighted by atomic mass is 19.4. The zero-order valence-electron chi connectivity index (χ0n) is 14.4. The second-order valence-corrected chi connectivity index (χ2v) is 5.99. The van der Waals surface area contributed by atoms with Crippen molar-refractivity contribution < 1.29 is 13.2 Å².